The van der Waals surface area contributed by atoms with Gasteiger partial charge in [0.1, 0.15) is 6.61 Å². The SMILES string of the molecule is C=CC(=O)OCCOC(C)(C)OCCCC. The lowest BCUT2D eigenvalue weighted by molar-refractivity contribution is -0.218. The summed E-state index contributed by atoms with van der Waals surface area (Å²) >= 11 is 0. The fourth-order valence-corrected chi connectivity index (χ4v) is 0.993. The van der Waals surface area contributed by atoms with Crippen LogP contribution in [0, 0.1) is 0 Å². The van der Waals surface area contributed by atoms with Crippen molar-refractivity contribution in [3.05, 3.63) is 12.7 Å². The number of esters is 1. The minimum Gasteiger partial charge on any atom is -0.460 e. The van der Waals surface area contributed by atoms with E-state index in [-0.39, 0.29) is 6.61 Å². The number of carbonyl (C=O) groups excluding carboxylic acids is 1. The van der Waals surface area contributed by atoms with Crippen molar-refractivity contribution in [3.8, 4) is 0 Å². The third kappa shape index (κ3) is 8.44. The highest BCUT2D eigenvalue weighted by Crippen LogP contribution is 2.11. The van der Waals surface area contributed by atoms with Gasteiger partial charge >= 0.3 is 5.97 Å². The van der Waals surface area contributed by atoms with Gasteiger partial charge < -0.3 is 14.2 Å². The molecule has 0 amide bonds. The molecule has 0 aliphatic carbocycles. The van der Waals surface area contributed by atoms with E-state index in [9.17, 15) is 4.79 Å². The molecule has 0 aliphatic heterocycles. The molecule has 0 aliphatic rings. The molecule has 0 aromatic rings. The molecule has 0 radical (unpaired) electrons. The van der Waals surface area contributed by atoms with E-state index in [1.165, 1.54) is 0 Å². The lowest BCUT2D eigenvalue weighted by Gasteiger charge is -2.25. The molecule has 0 rings (SSSR count). The number of hydrogen-bond acceptors (Lipinski definition) is 4. The molecule has 0 bridgehead atoms. The van der Waals surface area contributed by atoms with Crippen LogP contribution in [0.2, 0.25) is 0 Å². The number of carbonyl (C=O) groups is 1. The fraction of sp³-hybridized carbons (Fsp3) is 0.750. The quantitative estimate of drug-likeness (QED) is 0.264. The normalized spacial score (nSPS) is 11.2. The van der Waals surface area contributed by atoms with Gasteiger partial charge in [-0.25, -0.2) is 4.79 Å². The van der Waals surface area contributed by atoms with Crippen LogP contribution in [0.4, 0.5) is 0 Å². The molecule has 16 heavy (non-hydrogen) atoms. The number of rotatable bonds is 9. The van der Waals surface area contributed by atoms with Crippen LogP contribution in [0.1, 0.15) is 33.6 Å². The molecule has 0 heterocycles. The minimum atomic E-state index is -0.629. The summed E-state index contributed by atoms with van der Waals surface area (Å²) in [5.41, 5.74) is 0. The molecule has 0 aromatic carbocycles. The summed E-state index contributed by atoms with van der Waals surface area (Å²) in [5.74, 6) is -1.07. The zero-order valence-corrected chi connectivity index (χ0v) is 10.5. The van der Waals surface area contributed by atoms with Crippen LogP contribution in [0.15, 0.2) is 12.7 Å². The largest absolute Gasteiger partial charge is 0.460 e. The van der Waals surface area contributed by atoms with Gasteiger partial charge in [0.2, 0.25) is 0 Å². The number of ether oxygens (including phenoxy) is 3. The standard InChI is InChI=1S/C12H22O4/c1-5-7-8-15-12(3,4)16-10-9-14-11(13)6-2/h6H,2,5,7-10H2,1,3-4H3. The molecule has 0 atom stereocenters. The highest BCUT2D eigenvalue weighted by molar-refractivity contribution is 5.81. The van der Waals surface area contributed by atoms with Gasteiger partial charge in [0, 0.05) is 12.7 Å². The Hall–Kier alpha value is -0.870. The van der Waals surface area contributed by atoms with Crippen molar-refractivity contribution in [2.75, 3.05) is 19.8 Å². The van der Waals surface area contributed by atoms with Crippen LogP contribution in [0.5, 0.6) is 0 Å². The monoisotopic (exact) mass is 230 g/mol. The average molecular weight is 230 g/mol. The van der Waals surface area contributed by atoms with Gasteiger partial charge in [-0.1, -0.05) is 19.9 Å². The highest BCUT2D eigenvalue weighted by atomic mass is 16.7. The first-order valence-electron chi connectivity index (χ1n) is 5.59. The van der Waals surface area contributed by atoms with Gasteiger partial charge in [-0.2, -0.15) is 0 Å². The Morgan fingerprint density at radius 3 is 2.44 bits per heavy atom. The number of hydrogen-bond donors (Lipinski definition) is 0. The highest BCUT2D eigenvalue weighted by Gasteiger charge is 2.18. The zero-order valence-electron chi connectivity index (χ0n) is 10.5. The first-order valence-corrected chi connectivity index (χ1v) is 5.59. The summed E-state index contributed by atoms with van der Waals surface area (Å²) in [7, 11) is 0. The minimum absolute atomic E-state index is 0.214. The second-order valence-corrected chi connectivity index (χ2v) is 3.82. The molecule has 94 valence electrons. The lowest BCUT2D eigenvalue weighted by Crippen LogP contribution is -2.30. The van der Waals surface area contributed by atoms with E-state index in [2.05, 4.69) is 13.5 Å². The molecule has 0 fully saturated rings. The van der Waals surface area contributed by atoms with Gasteiger partial charge in [-0.05, 0) is 20.3 Å². The Balaban J connectivity index is 3.56. The zero-order chi connectivity index (χ0) is 12.4. The van der Waals surface area contributed by atoms with Gasteiger partial charge in [-0.3, -0.25) is 0 Å². The Morgan fingerprint density at radius 2 is 1.88 bits per heavy atom. The van der Waals surface area contributed by atoms with Gasteiger partial charge in [0.25, 0.3) is 0 Å². The van der Waals surface area contributed by atoms with E-state index in [1.807, 2.05) is 13.8 Å². The van der Waals surface area contributed by atoms with Crippen LogP contribution >= 0.6 is 0 Å². The van der Waals surface area contributed by atoms with Crippen LogP contribution in [0.3, 0.4) is 0 Å². The average Bonchev–Trinajstić information content (AvgIpc) is 2.24. The van der Waals surface area contributed by atoms with Crippen molar-refractivity contribution >= 4 is 5.97 Å². The van der Waals surface area contributed by atoms with Gasteiger partial charge in [-0.15, -0.1) is 0 Å². The molecule has 0 saturated carbocycles. The first kappa shape index (κ1) is 15.1. The summed E-state index contributed by atoms with van der Waals surface area (Å²) in [5, 5.41) is 0. The third-order valence-corrected chi connectivity index (χ3v) is 1.89. The maximum atomic E-state index is 10.7. The predicted octanol–water partition coefficient (Wildman–Crippen LogP) is 2.29. The van der Waals surface area contributed by atoms with Crippen molar-refractivity contribution < 1.29 is 19.0 Å². The summed E-state index contributed by atoms with van der Waals surface area (Å²) in [6, 6.07) is 0. The topological polar surface area (TPSA) is 44.8 Å². The molecule has 0 spiro atoms. The van der Waals surface area contributed by atoms with Crippen molar-refractivity contribution in [2.24, 2.45) is 0 Å². The van der Waals surface area contributed by atoms with Crippen molar-refractivity contribution in [3.63, 3.8) is 0 Å². The van der Waals surface area contributed by atoms with Crippen LogP contribution in [0.25, 0.3) is 0 Å². The van der Waals surface area contributed by atoms with Crippen LogP contribution < -0.4 is 0 Å². The Bertz CT molecular complexity index is 211. The smallest absolute Gasteiger partial charge is 0.330 e. The fourth-order valence-electron chi connectivity index (χ4n) is 0.993. The molecular formula is C12H22O4. The molecule has 0 unspecified atom stereocenters. The summed E-state index contributed by atoms with van der Waals surface area (Å²) in [6.45, 7) is 10.3. The van der Waals surface area contributed by atoms with E-state index in [4.69, 9.17) is 14.2 Å². The molecule has 0 saturated heterocycles. The second kappa shape index (κ2) is 8.30. The maximum absolute atomic E-state index is 10.7. The predicted molar refractivity (Wildman–Crippen MR) is 62.0 cm³/mol. The van der Waals surface area contributed by atoms with Gasteiger partial charge in [0.05, 0.1) is 6.61 Å². The Labute approximate surface area is 97.6 Å². The summed E-state index contributed by atoms with van der Waals surface area (Å²) < 4.78 is 15.7. The molecule has 4 heteroatoms. The van der Waals surface area contributed by atoms with E-state index in [1.54, 1.807) is 0 Å². The van der Waals surface area contributed by atoms with Crippen molar-refractivity contribution in [1.82, 2.24) is 0 Å². The Kier molecular flexibility index (Phi) is 7.85. The lowest BCUT2D eigenvalue weighted by atomic mass is 10.3. The molecule has 0 aromatic heterocycles. The van der Waals surface area contributed by atoms with Crippen molar-refractivity contribution in [2.45, 2.75) is 39.4 Å². The summed E-state index contributed by atoms with van der Waals surface area (Å²) in [4.78, 5) is 10.7. The third-order valence-electron chi connectivity index (χ3n) is 1.89. The van der Waals surface area contributed by atoms with Crippen molar-refractivity contribution in [1.29, 1.82) is 0 Å². The number of unbranched alkanes of at least 4 members (excludes halogenated alkanes) is 1. The van der Waals surface area contributed by atoms with Crippen LogP contribution in [-0.4, -0.2) is 31.6 Å². The van der Waals surface area contributed by atoms with E-state index in [0.717, 1.165) is 18.9 Å². The van der Waals surface area contributed by atoms with E-state index < -0.39 is 11.8 Å². The Morgan fingerprint density at radius 1 is 1.25 bits per heavy atom. The maximum Gasteiger partial charge on any atom is 0.330 e. The van der Waals surface area contributed by atoms with E-state index in [0.29, 0.717) is 13.2 Å². The molecule has 0 N–H and O–H groups in total. The molecule has 4 nitrogen and oxygen atoms in total. The second-order valence-electron chi connectivity index (χ2n) is 3.82. The molecular weight excluding hydrogens is 208 g/mol. The summed E-state index contributed by atoms with van der Waals surface area (Å²) in [6.07, 6.45) is 3.23. The van der Waals surface area contributed by atoms with Crippen LogP contribution in [-0.2, 0) is 19.0 Å². The van der Waals surface area contributed by atoms with E-state index >= 15 is 0 Å². The van der Waals surface area contributed by atoms with Gasteiger partial charge in [0.15, 0.2) is 5.79 Å². The first-order chi connectivity index (χ1) is 7.52.